The van der Waals surface area contributed by atoms with Crippen LogP contribution in [0.1, 0.15) is 72.4 Å². The molecule has 33 heavy (non-hydrogen) atoms. The third-order valence-electron chi connectivity index (χ3n) is 6.46. The molecule has 0 bridgehead atoms. The topological polar surface area (TPSA) is 93.5 Å². The third-order valence-corrected chi connectivity index (χ3v) is 6.46. The number of benzene rings is 2. The molecular weight excluding hydrogens is 425 g/mol. The lowest BCUT2D eigenvalue weighted by Crippen LogP contribution is -2.30. The van der Waals surface area contributed by atoms with Gasteiger partial charge in [-0.25, -0.2) is 14.2 Å². The van der Waals surface area contributed by atoms with Crippen molar-refractivity contribution >= 4 is 22.6 Å². The number of nitrogens with one attached hydrogen (secondary N) is 1. The van der Waals surface area contributed by atoms with Gasteiger partial charge in [-0.1, -0.05) is 12.1 Å². The van der Waals surface area contributed by atoms with Gasteiger partial charge in [0, 0.05) is 29.8 Å². The van der Waals surface area contributed by atoms with E-state index in [1.165, 1.54) is 18.2 Å². The fourth-order valence-corrected chi connectivity index (χ4v) is 4.66. The Hall–Kier alpha value is -3.26. The van der Waals surface area contributed by atoms with Crippen LogP contribution in [-0.4, -0.2) is 33.8 Å². The molecule has 0 radical (unpaired) electrons. The minimum Gasteiger partial charge on any atom is -0.478 e. The molecule has 172 valence electrons. The van der Waals surface area contributed by atoms with Gasteiger partial charge in [0.1, 0.15) is 11.6 Å². The summed E-state index contributed by atoms with van der Waals surface area (Å²) in [5, 5.41) is 12.9. The summed E-state index contributed by atoms with van der Waals surface area (Å²) in [7, 11) is 0. The van der Waals surface area contributed by atoms with Gasteiger partial charge in [-0.05, 0) is 56.9 Å². The van der Waals surface area contributed by atoms with Crippen molar-refractivity contribution in [3.63, 3.8) is 0 Å². The highest BCUT2D eigenvalue weighted by molar-refractivity contribution is 5.94. The van der Waals surface area contributed by atoms with Crippen LogP contribution >= 0.6 is 0 Å². The molecule has 2 aliphatic rings. The number of anilines is 1. The molecule has 2 N–H and O–H groups in total. The van der Waals surface area contributed by atoms with Crippen LogP contribution in [0.25, 0.3) is 10.9 Å². The summed E-state index contributed by atoms with van der Waals surface area (Å²) in [6.45, 7) is 3.03. The van der Waals surface area contributed by atoms with Crippen LogP contribution in [0.5, 0.6) is 0 Å². The minimum atomic E-state index is -1.06. The number of nitrogens with zero attached hydrogens (tertiary/aromatic N) is 2. The van der Waals surface area contributed by atoms with Crippen molar-refractivity contribution in [3.8, 4) is 0 Å². The summed E-state index contributed by atoms with van der Waals surface area (Å²) < 4.78 is 22.1. The van der Waals surface area contributed by atoms with Crippen LogP contribution in [-0.2, 0) is 4.74 Å². The lowest BCUT2D eigenvalue weighted by Gasteiger charge is -2.26. The van der Waals surface area contributed by atoms with Crippen LogP contribution in [0.15, 0.2) is 41.2 Å². The van der Waals surface area contributed by atoms with Gasteiger partial charge in [-0.3, -0.25) is 9.36 Å². The zero-order valence-electron chi connectivity index (χ0n) is 18.4. The molecule has 2 fully saturated rings. The lowest BCUT2D eigenvalue weighted by atomic mass is 9.99. The zero-order chi connectivity index (χ0) is 23.1. The number of fused-ring (bicyclic) bond motifs is 1. The first-order valence-electron chi connectivity index (χ1n) is 11.4. The SMILES string of the molecule is C[C@@H](Nc1ccccc1C(=O)O)c1cc(F)cc2c(=O)n(C3CC3)c([C@H]3CCCOC3)nc12. The molecule has 8 heteroatoms. The van der Waals surface area contributed by atoms with Gasteiger partial charge in [0.2, 0.25) is 0 Å². The number of carbonyl (C=O) groups is 1. The fraction of sp³-hybridized carbons (Fsp3) is 0.400. The van der Waals surface area contributed by atoms with Gasteiger partial charge in [0.15, 0.2) is 0 Å². The maximum Gasteiger partial charge on any atom is 0.337 e. The molecular formula is C25H26FN3O4. The van der Waals surface area contributed by atoms with Crippen LogP contribution in [0.3, 0.4) is 0 Å². The molecule has 2 heterocycles. The maximum absolute atomic E-state index is 14.7. The highest BCUT2D eigenvalue weighted by Crippen LogP contribution is 2.38. The van der Waals surface area contributed by atoms with E-state index in [0.29, 0.717) is 35.8 Å². The first-order chi connectivity index (χ1) is 15.9. The normalized spacial score (nSPS) is 19.4. The third kappa shape index (κ3) is 4.11. The summed E-state index contributed by atoms with van der Waals surface area (Å²) in [5.41, 5.74) is 1.29. The molecule has 1 saturated carbocycles. The average molecular weight is 451 g/mol. The highest BCUT2D eigenvalue weighted by atomic mass is 19.1. The summed E-state index contributed by atoms with van der Waals surface area (Å²) in [6.07, 6.45) is 3.63. The van der Waals surface area contributed by atoms with E-state index in [-0.39, 0.29) is 28.5 Å². The number of para-hydroxylation sites is 1. The smallest absolute Gasteiger partial charge is 0.337 e. The van der Waals surface area contributed by atoms with Crippen molar-refractivity contribution in [3.05, 3.63) is 69.5 Å². The summed E-state index contributed by atoms with van der Waals surface area (Å²) in [5.74, 6) is -0.849. The first-order valence-corrected chi connectivity index (χ1v) is 11.4. The first kappa shape index (κ1) is 21.6. The largest absolute Gasteiger partial charge is 0.478 e. The van der Waals surface area contributed by atoms with E-state index in [9.17, 15) is 19.1 Å². The van der Waals surface area contributed by atoms with E-state index < -0.39 is 17.8 Å². The molecule has 2 aromatic carbocycles. The summed E-state index contributed by atoms with van der Waals surface area (Å²) in [4.78, 5) is 30.1. The number of ether oxygens (including phenoxy) is 1. The molecule has 3 aromatic rings. The van der Waals surface area contributed by atoms with Gasteiger partial charge >= 0.3 is 5.97 Å². The van der Waals surface area contributed by atoms with Crippen LogP contribution in [0.4, 0.5) is 10.1 Å². The lowest BCUT2D eigenvalue weighted by molar-refractivity contribution is 0.0697. The number of carboxylic acid groups (broad SMARTS) is 1. The average Bonchev–Trinajstić information content (AvgIpc) is 3.65. The highest BCUT2D eigenvalue weighted by Gasteiger charge is 2.32. The minimum absolute atomic E-state index is 0.0188. The Bertz CT molecular complexity index is 1280. The Morgan fingerprint density at radius 2 is 2.06 bits per heavy atom. The van der Waals surface area contributed by atoms with Crippen molar-refractivity contribution < 1.29 is 19.0 Å². The predicted molar refractivity (Wildman–Crippen MR) is 122 cm³/mol. The number of aromatic carboxylic acids is 1. The number of carboxylic acids is 1. The number of hydrogen-bond donors (Lipinski definition) is 2. The van der Waals surface area contributed by atoms with Gasteiger partial charge in [-0.15, -0.1) is 0 Å². The van der Waals surface area contributed by atoms with E-state index in [1.54, 1.807) is 22.8 Å². The Morgan fingerprint density at radius 1 is 1.27 bits per heavy atom. The zero-order valence-corrected chi connectivity index (χ0v) is 18.4. The molecule has 1 aliphatic carbocycles. The number of halogens is 1. The second kappa shape index (κ2) is 8.59. The molecule has 0 spiro atoms. The number of aromatic nitrogens is 2. The molecule has 7 nitrogen and oxygen atoms in total. The molecule has 1 saturated heterocycles. The number of rotatable bonds is 6. The molecule has 5 rings (SSSR count). The van der Waals surface area contributed by atoms with Gasteiger partial charge in [-0.2, -0.15) is 0 Å². The van der Waals surface area contributed by atoms with Crippen molar-refractivity contribution in [2.75, 3.05) is 18.5 Å². The van der Waals surface area contributed by atoms with Crippen LogP contribution < -0.4 is 10.9 Å². The van der Waals surface area contributed by atoms with Crippen molar-refractivity contribution in [2.24, 2.45) is 0 Å². The van der Waals surface area contributed by atoms with E-state index in [1.807, 2.05) is 6.92 Å². The van der Waals surface area contributed by atoms with E-state index in [0.717, 1.165) is 25.7 Å². The van der Waals surface area contributed by atoms with Gasteiger partial charge in [0.05, 0.1) is 29.1 Å². The standard InChI is InChI=1S/C25H26FN3O4/c1-14(27-21-7-3-2-6-18(21)25(31)32)19-11-16(26)12-20-22(19)28-23(15-5-4-10-33-13-15)29(24(20)30)17-8-9-17/h2-3,6-7,11-12,14-15,17,27H,4-5,8-10,13H2,1H3,(H,31,32)/t14-,15+/m1/s1. The Morgan fingerprint density at radius 3 is 2.76 bits per heavy atom. The molecule has 0 amide bonds. The van der Waals surface area contributed by atoms with Gasteiger partial charge < -0.3 is 15.2 Å². The molecule has 1 aliphatic heterocycles. The second-order valence-electron chi connectivity index (χ2n) is 8.90. The van der Waals surface area contributed by atoms with Crippen LogP contribution in [0.2, 0.25) is 0 Å². The van der Waals surface area contributed by atoms with E-state index >= 15 is 0 Å². The molecule has 2 atom stereocenters. The monoisotopic (exact) mass is 451 g/mol. The van der Waals surface area contributed by atoms with E-state index in [4.69, 9.17) is 9.72 Å². The van der Waals surface area contributed by atoms with Crippen molar-refractivity contribution in [1.82, 2.24) is 9.55 Å². The Kier molecular flexibility index (Phi) is 5.62. The maximum atomic E-state index is 14.7. The predicted octanol–water partition coefficient (Wildman–Crippen LogP) is 4.64. The van der Waals surface area contributed by atoms with Gasteiger partial charge in [0.25, 0.3) is 5.56 Å². The summed E-state index contributed by atoms with van der Waals surface area (Å²) in [6, 6.07) is 8.81. The Balaban J connectivity index is 1.64. The summed E-state index contributed by atoms with van der Waals surface area (Å²) >= 11 is 0. The van der Waals surface area contributed by atoms with Crippen molar-refractivity contribution in [1.29, 1.82) is 0 Å². The second-order valence-corrected chi connectivity index (χ2v) is 8.90. The van der Waals surface area contributed by atoms with Crippen molar-refractivity contribution in [2.45, 2.75) is 50.6 Å². The quantitative estimate of drug-likeness (QED) is 0.567. The Labute approximate surface area is 190 Å². The van der Waals surface area contributed by atoms with E-state index in [2.05, 4.69) is 5.32 Å². The van der Waals surface area contributed by atoms with Crippen LogP contribution in [0, 0.1) is 5.82 Å². The fourth-order valence-electron chi connectivity index (χ4n) is 4.66. The molecule has 1 aromatic heterocycles. The number of hydrogen-bond acceptors (Lipinski definition) is 5. The molecule has 0 unspecified atom stereocenters.